The van der Waals surface area contributed by atoms with Crippen molar-refractivity contribution in [3.63, 3.8) is 0 Å². The zero-order chi connectivity index (χ0) is 31.0. The van der Waals surface area contributed by atoms with Crippen molar-refractivity contribution < 1.29 is 28.6 Å². The fourth-order valence-electron chi connectivity index (χ4n) is 9.08. The van der Waals surface area contributed by atoms with Crippen molar-refractivity contribution in [1.82, 2.24) is 9.80 Å². The molecule has 1 saturated heterocycles. The van der Waals surface area contributed by atoms with Crippen LogP contribution in [0.2, 0.25) is 0 Å². The van der Waals surface area contributed by atoms with Crippen LogP contribution in [0, 0.1) is 19.8 Å². The van der Waals surface area contributed by atoms with E-state index in [0.717, 1.165) is 42.6 Å². The van der Waals surface area contributed by atoms with E-state index in [-0.39, 0.29) is 24.0 Å². The zero-order valence-corrected chi connectivity index (χ0v) is 26.6. The van der Waals surface area contributed by atoms with Gasteiger partial charge < -0.3 is 19.1 Å². The van der Waals surface area contributed by atoms with E-state index in [0.29, 0.717) is 43.1 Å². The number of likely N-dealkylation sites (N-methyl/N-ethyl adjacent to an activating group) is 1. The molecule has 2 heterocycles. The number of nitrogens with zero attached hydrogens (tertiary/aromatic N) is 2. The highest BCUT2D eigenvalue weighted by Gasteiger charge is 2.75. The van der Waals surface area contributed by atoms with Gasteiger partial charge >= 0.3 is 11.9 Å². The number of rotatable bonds is 8. The minimum atomic E-state index is -0.788. The minimum absolute atomic E-state index is 0.0246. The van der Waals surface area contributed by atoms with Crippen LogP contribution in [0.1, 0.15) is 80.2 Å². The first-order valence-corrected chi connectivity index (χ1v) is 16.3. The molecule has 8 nitrogen and oxygen atoms in total. The molecule has 1 amide bonds. The Balaban J connectivity index is 1.27. The second-order valence-corrected chi connectivity index (χ2v) is 14.0. The Bertz CT molecular complexity index is 1530. The number of amides is 1. The lowest BCUT2D eigenvalue weighted by molar-refractivity contribution is -0.223. The van der Waals surface area contributed by atoms with E-state index in [1.165, 1.54) is 37.8 Å². The molecule has 3 aliphatic carbocycles. The van der Waals surface area contributed by atoms with Gasteiger partial charge in [0.05, 0.1) is 17.5 Å². The molecule has 3 fully saturated rings. The molecule has 2 aromatic carbocycles. The van der Waals surface area contributed by atoms with E-state index in [2.05, 4.69) is 43.0 Å². The minimum Gasteiger partial charge on any atom is -0.483 e. The van der Waals surface area contributed by atoms with Crippen molar-refractivity contribution in [2.45, 2.75) is 108 Å². The van der Waals surface area contributed by atoms with Crippen LogP contribution in [0.15, 0.2) is 30.3 Å². The van der Waals surface area contributed by atoms with E-state index >= 15 is 0 Å². The van der Waals surface area contributed by atoms with E-state index in [1.807, 2.05) is 18.0 Å². The SMILES string of the molecule is CC(=O)Oc1ccc2c3c1OC1C(N(C)C(=O)CCc4ccc(C)c(C)c4)CC[C@@]4(OC(C)=O)[C@@H](C2)N(CC2CC2)CC[C@]314. The van der Waals surface area contributed by atoms with Crippen LogP contribution in [-0.2, 0) is 37.4 Å². The van der Waals surface area contributed by atoms with Crippen LogP contribution in [-0.4, -0.2) is 71.6 Å². The molecule has 8 heteroatoms. The van der Waals surface area contributed by atoms with Gasteiger partial charge in [0.2, 0.25) is 5.91 Å². The predicted molar refractivity (Wildman–Crippen MR) is 165 cm³/mol. The number of esters is 2. The molecule has 1 spiro atoms. The van der Waals surface area contributed by atoms with Gasteiger partial charge in [0.25, 0.3) is 0 Å². The molecule has 234 valence electrons. The van der Waals surface area contributed by atoms with Gasteiger partial charge in [-0.05, 0) is 99.6 Å². The Hall–Kier alpha value is -3.39. The molecule has 5 aliphatic rings. The molecule has 2 unspecified atom stereocenters. The molecule has 0 aromatic heterocycles. The van der Waals surface area contributed by atoms with Gasteiger partial charge in [0.1, 0.15) is 11.7 Å². The Morgan fingerprint density at radius 3 is 2.52 bits per heavy atom. The third-order valence-electron chi connectivity index (χ3n) is 11.3. The third-order valence-corrected chi connectivity index (χ3v) is 11.3. The van der Waals surface area contributed by atoms with Gasteiger partial charge in [-0.3, -0.25) is 19.3 Å². The number of benzene rings is 2. The number of likely N-dealkylation sites (tertiary alicyclic amines) is 1. The number of carbonyl (C=O) groups is 3. The van der Waals surface area contributed by atoms with Gasteiger partial charge in [0, 0.05) is 39.4 Å². The molecule has 2 bridgehead atoms. The third kappa shape index (κ3) is 4.46. The van der Waals surface area contributed by atoms with Gasteiger partial charge in [-0.15, -0.1) is 0 Å². The maximum atomic E-state index is 13.8. The van der Waals surface area contributed by atoms with E-state index in [9.17, 15) is 14.4 Å². The predicted octanol–water partition coefficient (Wildman–Crippen LogP) is 4.82. The second-order valence-electron chi connectivity index (χ2n) is 14.0. The van der Waals surface area contributed by atoms with Crippen LogP contribution >= 0.6 is 0 Å². The lowest BCUT2D eigenvalue weighted by atomic mass is 9.48. The highest BCUT2D eigenvalue weighted by Crippen LogP contribution is 2.67. The molecular formula is C36H44N2O6. The fourth-order valence-corrected chi connectivity index (χ4v) is 9.08. The summed E-state index contributed by atoms with van der Waals surface area (Å²) in [6.07, 6.45) is 5.95. The molecule has 7 rings (SSSR count). The molecule has 2 aromatic rings. The first-order valence-electron chi connectivity index (χ1n) is 16.3. The lowest BCUT2D eigenvalue weighted by Crippen LogP contribution is -2.79. The van der Waals surface area contributed by atoms with Crippen LogP contribution in [0.5, 0.6) is 11.5 Å². The molecule has 5 atom stereocenters. The molecule has 2 aliphatic heterocycles. The largest absolute Gasteiger partial charge is 0.483 e. The summed E-state index contributed by atoms with van der Waals surface area (Å²) in [6, 6.07) is 10.1. The maximum absolute atomic E-state index is 13.8. The van der Waals surface area contributed by atoms with Crippen molar-refractivity contribution in [2.24, 2.45) is 5.92 Å². The lowest BCUT2D eigenvalue weighted by Gasteiger charge is -2.65. The topological polar surface area (TPSA) is 85.4 Å². The first kappa shape index (κ1) is 29.3. The first-order chi connectivity index (χ1) is 21.0. The van der Waals surface area contributed by atoms with Gasteiger partial charge in [-0.2, -0.15) is 0 Å². The number of aryl methyl sites for hydroxylation is 3. The average molecular weight is 601 g/mol. The highest BCUT2D eigenvalue weighted by atomic mass is 16.6. The summed E-state index contributed by atoms with van der Waals surface area (Å²) < 4.78 is 19.2. The number of ether oxygens (including phenoxy) is 3. The van der Waals surface area contributed by atoms with Crippen molar-refractivity contribution in [3.8, 4) is 11.5 Å². The zero-order valence-electron chi connectivity index (χ0n) is 26.6. The quantitative estimate of drug-likeness (QED) is 0.317. The summed E-state index contributed by atoms with van der Waals surface area (Å²) in [6.45, 7) is 9.00. The van der Waals surface area contributed by atoms with Crippen molar-refractivity contribution in [1.29, 1.82) is 0 Å². The Labute approximate surface area is 260 Å². The Morgan fingerprint density at radius 1 is 1.02 bits per heavy atom. The molecule has 0 radical (unpaired) electrons. The van der Waals surface area contributed by atoms with Crippen molar-refractivity contribution in [2.75, 3.05) is 20.1 Å². The monoisotopic (exact) mass is 600 g/mol. The van der Waals surface area contributed by atoms with Gasteiger partial charge in [0.15, 0.2) is 11.5 Å². The summed E-state index contributed by atoms with van der Waals surface area (Å²) in [4.78, 5) is 43.4. The summed E-state index contributed by atoms with van der Waals surface area (Å²) >= 11 is 0. The van der Waals surface area contributed by atoms with E-state index in [1.54, 1.807) is 0 Å². The highest BCUT2D eigenvalue weighted by molar-refractivity contribution is 5.77. The summed E-state index contributed by atoms with van der Waals surface area (Å²) in [5.74, 6) is 1.06. The fraction of sp³-hybridized carbons (Fsp3) is 0.583. The second kappa shape index (κ2) is 10.6. The van der Waals surface area contributed by atoms with Crippen molar-refractivity contribution in [3.05, 3.63) is 58.1 Å². The number of hydrogen-bond donors (Lipinski definition) is 0. The summed E-state index contributed by atoms with van der Waals surface area (Å²) in [5.41, 5.74) is 4.38. The number of hydrogen-bond acceptors (Lipinski definition) is 7. The Morgan fingerprint density at radius 2 is 1.82 bits per heavy atom. The average Bonchev–Trinajstić information content (AvgIpc) is 3.72. The Kier molecular flexibility index (Phi) is 7.07. The molecular weight excluding hydrogens is 556 g/mol. The van der Waals surface area contributed by atoms with Crippen LogP contribution < -0.4 is 9.47 Å². The molecule has 2 saturated carbocycles. The standard InChI is InChI=1S/C36H44N2O6/c1-21-6-7-25(18-22(21)2)10-13-31(41)37(5)28-14-15-36(44-24(4)40)30-19-27-11-12-29(42-23(3)39)33-32(27)35(36,34(28)43-33)16-17-38(30)20-26-8-9-26/h6-7,11-12,18,26,28,30,34H,8-10,13-17,19-20H2,1-5H3/t28?,30-,34?,35+,36-/m1/s1. The summed E-state index contributed by atoms with van der Waals surface area (Å²) in [7, 11) is 1.89. The molecule has 44 heavy (non-hydrogen) atoms. The summed E-state index contributed by atoms with van der Waals surface area (Å²) in [5, 5.41) is 0. The van der Waals surface area contributed by atoms with Crippen LogP contribution in [0.3, 0.4) is 0 Å². The smallest absolute Gasteiger partial charge is 0.308 e. The van der Waals surface area contributed by atoms with Gasteiger partial charge in [-0.1, -0.05) is 24.3 Å². The maximum Gasteiger partial charge on any atom is 0.308 e. The van der Waals surface area contributed by atoms with Crippen LogP contribution in [0.4, 0.5) is 0 Å². The van der Waals surface area contributed by atoms with Crippen molar-refractivity contribution >= 4 is 17.8 Å². The van der Waals surface area contributed by atoms with Crippen LogP contribution in [0.25, 0.3) is 0 Å². The van der Waals surface area contributed by atoms with E-state index < -0.39 is 23.1 Å². The normalized spacial score (nSPS) is 29.8. The molecule has 0 N–H and O–H groups in total. The van der Waals surface area contributed by atoms with E-state index in [4.69, 9.17) is 14.2 Å². The number of piperidine rings is 1. The van der Waals surface area contributed by atoms with Gasteiger partial charge in [-0.25, -0.2) is 0 Å². The number of carbonyl (C=O) groups excluding carboxylic acids is 3.